The minimum Gasteiger partial charge on any atom is -0.350 e. The second kappa shape index (κ2) is 6.37. The van der Waals surface area contributed by atoms with Crippen molar-refractivity contribution in [3.63, 3.8) is 0 Å². The molecule has 2 heterocycles. The first-order valence-corrected chi connectivity index (χ1v) is 8.29. The van der Waals surface area contributed by atoms with Gasteiger partial charge in [0.2, 0.25) is 5.91 Å². The Labute approximate surface area is 131 Å². The van der Waals surface area contributed by atoms with Crippen LogP contribution in [-0.4, -0.2) is 18.0 Å². The maximum Gasteiger partial charge on any atom is 0.220 e. The lowest BCUT2D eigenvalue weighted by Crippen LogP contribution is -2.40. The van der Waals surface area contributed by atoms with Crippen LogP contribution in [0.3, 0.4) is 0 Å². The molecule has 1 amide bonds. The maximum absolute atomic E-state index is 12.2. The summed E-state index contributed by atoms with van der Waals surface area (Å²) in [7, 11) is 0. The zero-order valence-electron chi connectivity index (χ0n) is 12.4. The third-order valence-electron chi connectivity index (χ3n) is 4.79. The van der Waals surface area contributed by atoms with E-state index in [-0.39, 0.29) is 11.9 Å². The summed E-state index contributed by atoms with van der Waals surface area (Å²) in [5, 5.41) is 7.46. The topological polar surface area (TPSA) is 41.1 Å². The van der Waals surface area contributed by atoms with Crippen molar-refractivity contribution in [3.8, 4) is 0 Å². The van der Waals surface area contributed by atoms with Crippen molar-refractivity contribution in [1.82, 2.24) is 10.6 Å². The smallest absolute Gasteiger partial charge is 0.220 e. The highest BCUT2D eigenvalue weighted by atomic mass is 35.5. The first-order chi connectivity index (χ1) is 10.1. The average molecular weight is 307 g/mol. The first-order valence-electron chi connectivity index (χ1n) is 7.91. The maximum atomic E-state index is 12.2. The van der Waals surface area contributed by atoms with Gasteiger partial charge in [-0.1, -0.05) is 23.7 Å². The molecule has 0 spiro atoms. The molecule has 0 aliphatic carbocycles. The highest BCUT2D eigenvalue weighted by Crippen LogP contribution is 2.32. The highest BCUT2D eigenvalue weighted by molar-refractivity contribution is 6.30. The van der Waals surface area contributed by atoms with Crippen LogP contribution in [0.15, 0.2) is 24.3 Å². The number of carbonyl (C=O) groups excluding carboxylic acids is 1. The van der Waals surface area contributed by atoms with Gasteiger partial charge in [-0.2, -0.15) is 0 Å². The van der Waals surface area contributed by atoms with E-state index in [1.807, 2.05) is 31.2 Å². The van der Waals surface area contributed by atoms with E-state index in [9.17, 15) is 4.79 Å². The van der Waals surface area contributed by atoms with Crippen molar-refractivity contribution in [3.05, 3.63) is 34.9 Å². The Kier molecular flexibility index (Phi) is 4.51. The molecule has 1 aromatic carbocycles. The molecule has 114 valence electrons. The third-order valence-corrected chi connectivity index (χ3v) is 5.04. The zero-order valence-corrected chi connectivity index (χ0v) is 13.2. The predicted molar refractivity (Wildman–Crippen MR) is 85.3 cm³/mol. The molecule has 2 unspecified atom stereocenters. The van der Waals surface area contributed by atoms with Crippen molar-refractivity contribution in [2.24, 2.45) is 5.92 Å². The molecule has 2 fully saturated rings. The van der Waals surface area contributed by atoms with E-state index in [1.54, 1.807) is 0 Å². The number of carbonyl (C=O) groups is 1. The molecule has 3 nitrogen and oxygen atoms in total. The van der Waals surface area contributed by atoms with Crippen LogP contribution in [0, 0.1) is 5.92 Å². The van der Waals surface area contributed by atoms with Crippen LogP contribution in [0.2, 0.25) is 5.02 Å². The molecule has 2 aliphatic heterocycles. The second-order valence-electron chi connectivity index (χ2n) is 6.52. The number of piperidine rings is 1. The average Bonchev–Trinajstić information content (AvgIpc) is 2.78. The highest BCUT2D eigenvalue weighted by Gasteiger charge is 2.34. The van der Waals surface area contributed by atoms with E-state index >= 15 is 0 Å². The Morgan fingerprint density at radius 2 is 1.90 bits per heavy atom. The van der Waals surface area contributed by atoms with Crippen LogP contribution in [0.4, 0.5) is 0 Å². The van der Waals surface area contributed by atoms with Gasteiger partial charge in [-0.05, 0) is 56.2 Å². The molecular formula is C17H23ClN2O. The van der Waals surface area contributed by atoms with E-state index in [0.717, 1.165) is 23.4 Å². The first kappa shape index (κ1) is 14.9. The summed E-state index contributed by atoms with van der Waals surface area (Å²) in [5.41, 5.74) is 1.10. The van der Waals surface area contributed by atoms with Crippen LogP contribution in [0.5, 0.6) is 0 Å². The summed E-state index contributed by atoms with van der Waals surface area (Å²) >= 11 is 5.89. The van der Waals surface area contributed by atoms with Crippen LogP contribution in [-0.2, 0) is 4.79 Å². The van der Waals surface area contributed by atoms with E-state index in [1.165, 1.54) is 12.8 Å². The Hall–Kier alpha value is -1.06. The van der Waals surface area contributed by atoms with Gasteiger partial charge in [0, 0.05) is 23.5 Å². The largest absolute Gasteiger partial charge is 0.350 e. The van der Waals surface area contributed by atoms with Gasteiger partial charge in [0.05, 0.1) is 6.04 Å². The lowest BCUT2D eigenvalue weighted by molar-refractivity contribution is -0.122. The summed E-state index contributed by atoms with van der Waals surface area (Å²) in [4.78, 5) is 12.2. The van der Waals surface area contributed by atoms with Gasteiger partial charge in [0.15, 0.2) is 0 Å². The standard InChI is InChI=1S/C17H23ClN2O/c1-11(13-2-4-14(18)5-3-13)19-17(21)10-12-8-15-6-7-16(9-12)20-15/h2-5,11-12,15-16,20H,6-10H2,1H3,(H,19,21)/t11-,12?,15?,16?/m0/s1. The molecule has 2 N–H and O–H groups in total. The van der Waals surface area contributed by atoms with Crippen molar-refractivity contribution in [1.29, 1.82) is 0 Å². The number of hydrogen-bond donors (Lipinski definition) is 2. The minimum atomic E-state index is 0.0354. The minimum absolute atomic E-state index is 0.0354. The number of amides is 1. The summed E-state index contributed by atoms with van der Waals surface area (Å²) in [5.74, 6) is 0.713. The number of hydrogen-bond acceptors (Lipinski definition) is 2. The van der Waals surface area contributed by atoms with Gasteiger partial charge < -0.3 is 10.6 Å². The molecule has 21 heavy (non-hydrogen) atoms. The van der Waals surface area contributed by atoms with Gasteiger partial charge in [-0.3, -0.25) is 4.79 Å². The molecule has 2 saturated heterocycles. The predicted octanol–water partition coefficient (Wildman–Crippen LogP) is 3.44. The Bertz CT molecular complexity index is 490. The van der Waals surface area contributed by atoms with Crippen LogP contribution in [0.1, 0.15) is 50.6 Å². The van der Waals surface area contributed by atoms with E-state index in [0.29, 0.717) is 24.4 Å². The number of rotatable bonds is 4. The third kappa shape index (κ3) is 3.78. The lowest BCUT2D eigenvalue weighted by Gasteiger charge is -2.29. The molecule has 0 radical (unpaired) electrons. The summed E-state index contributed by atoms with van der Waals surface area (Å²) in [6, 6.07) is 9.00. The second-order valence-corrected chi connectivity index (χ2v) is 6.96. The molecule has 1 aromatic rings. The summed E-state index contributed by atoms with van der Waals surface area (Å²) in [6.07, 6.45) is 5.53. The van der Waals surface area contributed by atoms with Gasteiger partial charge in [0.1, 0.15) is 0 Å². The molecule has 3 atom stereocenters. The summed E-state index contributed by atoms with van der Waals surface area (Å²) in [6.45, 7) is 2.02. The number of halogens is 1. The molecule has 4 heteroatoms. The zero-order chi connectivity index (χ0) is 14.8. The van der Waals surface area contributed by atoms with Crippen LogP contribution in [0.25, 0.3) is 0 Å². The number of fused-ring (bicyclic) bond motifs is 2. The van der Waals surface area contributed by atoms with Crippen molar-refractivity contribution in [2.45, 2.75) is 57.2 Å². The Balaban J connectivity index is 1.50. The van der Waals surface area contributed by atoms with E-state index in [4.69, 9.17) is 11.6 Å². The Morgan fingerprint density at radius 3 is 2.52 bits per heavy atom. The van der Waals surface area contributed by atoms with Crippen LogP contribution < -0.4 is 10.6 Å². The van der Waals surface area contributed by atoms with Gasteiger partial charge in [-0.25, -0.2) is 0 Å². The van der Waals surface area contributed by atoms with Crippen molar-refractivity contribution in [2.75, 3.05) is 0 Å². The number of nitrogens with one attached hydrogen (secondary N) is 2. The SMILES string of the molecule is C[C@H](NC(=O)CC1CC2CCC(C1)N2)c1ccc(Cl)cc1. The van der Waals surface area contributed by atoms with E-state index in [2.05, 4.69) is 10.6 Å². The van der Waals surface area contributed by atoms with E-state index < -0.39 is 0 Å². The summed E-state index contributed by atoms with van der Waals surface area (Å²) < 4.78 is 0. The molecular weight excluding hydrogens is 284 g/mol. The van der Waals surface area contributed by atoms with Gasteiger partial charge in [0.25, 0.3) is 0 Å². The van der Waals surface area contributed by atoms with Gasteiger partial charge in [-0.15, -0.1) is 0 Å². The van der Waals surface area contributed by atoms with Crippen molar-refractivity contribution < 1.29 is 4.79 Å². The molecule has 0 aromatic heterocycles. The molecule has 2 aliphatic rings. The fourth-order valence-electron chi connectivity index (χ4n) is 3.74. The fourth-order valence-corrected chi connectivity index (χ4v) is 3.87. The normalized spacial score (nSPS) is 29.1. The number of benzene rings is 1. The quantitative estimate of drug-likeness (QED) is 0.894. The monoisotopic (exact) mass is 306 g/mol. The van der Waals surface area contributed by atoms with Crippen LogP contribution >= 0.6 is 11.6 Å². The lowest BCUT2D eigenvalue weighted by atomic mass is 9.89. The fraction of sp³-hybridized carbons (Fsp3) is 0.588. The van der Waals surface area contributed by atoms with Gasteiger partial charge >= 0.3 is 0 Å². The van der Waals surface area contributed by atoms with Crippen molar-refractivity contribution >= 4 is 17.5 Å². The molecule has 2 bridgehead atoms. The molecule has 3 rings (SSSR count). The Morgan fingerprint density at radius 1 is 1.29 bits per heavy atom. The molecule has 0 saturated carbocycles.